The number of benzene rings is 2. The summed E-state index contributed by atoms with van der Waals surface area (Å²) in [7, 11) is 0. The van der Waals surface area contributed by atoms with Crippen LogP contribution in [0, 0.1) is 0 Å². The Morgan fingerprint density at radius 3 is 2.41 bits per heavy atom. The van der Waals surface area contributed by atoms with Crippen LogP contribution >= 0.6 is 0 Å². The summed E-state index contributed by atoms with van der Waals surface area (Å²) in [6, 6.07) is 18.5. The lowest BCUT2D eigenvalue weighted by Crippen LogP contribution is -2.45. The molecule has 2 aromatic carbocycles. The van der Waals surface area contributed by atoms with Crippen molar-refractivity contribution < 1.29 is 22.6 Å². The second-order valence-corrected chi connectivity index (χ2v) is 10.2. The van der Waals surface area contributed by atoms with Gasteiger partial charge in [0.05, 0.1) is 30.5 Å². The fourth-order valence-electron chi connectivity index (χ4n) is 5.25. The molecule has 0 saturated carbocycles. The highest BCUT2D eigenvalue weighted by molar-refractivity contribution is 5.81. The summed E-state index contributed by atoms with van der Waals surface area (Å²) < 4.78 is 52.4. The second-order valence-electron chi connectivity index (χ2n) is 10.2. The van der Waals surface area contributed by atoms with Crippen LogP contribution < -0.4 is 10.2 Å². The molecule has 8 nitrogen and oxygen atoms in total. The van der Waals surface area contributed by atoms with E-state index in [1.807, 2.05) is 43.3 Å². The highest BCUT2D eigenvalue weighted by Crippen LogP contribution is 2.37. The SMILES string of the molecule is C[C@H](Nc1nccc(-c2cc(N3CCC4(CC3)OCCO4)nnc2-c2cccc(C(F)(F)F)c2)n1)c1ccccc1. The van der Waals surface area contributed by atoms with Crippen molar-refractivity contribution >= 4 is 11.8 Å². The van der Waals surface area contributed by atoms with Crippen molar-refractivity contribution in [3.63, 3.8) is 0 Å². The van der Waals surface area contributed by atoms with Crippen LogP contribution in [0.2, 0.25) is 0 Å². The topological polar surface area (TPSA) is 85.3 Å². The van der Waals surface area contributed by atoms with E-state index in [4.69, 9.17) is 14.5 Å². The van der Waals surface area contributed by atoms with E-state index in [0.717, 1.165) is 17.7 Å². The molecule has 1 atom stereocenters. The van der Waals surface area contributed by atoms with Crippen molar-refractivity contribution in [1.82, 2.24) is 20.2 Å². The Bertz CT molecular complexity index is 1500. The summed E-state index contributed by atoms with van der Waals surface area (Å²) in [6.45, 7) is 4.46. The van der Waals surface area contributed by atoms with Crippen molar-refractivity contribution in [3.05, 3.63) is 84.1 Å². The molecule has 0 unspecified atom stereocenters. The molecule has 1 spiro atoms. The maximum Gasteiger partial charge on any atom is 0.416 e. The van der Waals surface area contributed by atoms with E-state index in [-0.39, 0.29) is 6.04 Å². The van der Waals surface area contributed by atoms with Gasteiger partial charge in [-0.15, -0.1) is 10.2 Å². The van der Waals surface area contributed by atoms with Gasteiger partial charge in [0, 0.05) is 43.3 Å². The molecule has 2 aromatic heterocycles. The summed E-state index contributed by atoms with van der Waals surface area (Å²) in [5, 5.41) is 12.2. The number of nitrogens with one attached hydrogen (secondary N) is 1. The van der Waals surface area contributed by atoms with Gasteiger partial charge in [0.15, 0.2) is 11.6 Å². The number of hydrogen-bond donors (Lipinski definition) is 1. The van der Waals surface area contributed by atoms with Crippen molar-refractivity contribution in [2.24, 2.45) is 0 Å². The van der Waals surface area contributed by atoms with Gasteiger partial charge in [-0.3, -0.25) is 0 Å². The first kappa shape index (κ1) is 27.1. The fraction of sp³-hybridized carbons (Fsp3) is 0.333. The minimum absolute atomic E-state index is 0.0683. The summed E-state index contributed by atoms with van der Waals surface area (Å²) >= 11 is 0. The van der Waals surface area contributed by atoms with Crippen molar-refractivity contribution in [3.8, 4) is 22.5 Å². The molecule has 2 aliphatic heterocycles. The third-order valence-electron chi connectivity index (χ3n) is 7.48. The standard InChI is InChI=1S/C30H29F3N6O2/c1-20(21-6-3-2-4-7-21)35-28-34-13-10-25(36-28)24-19-26(39-14-11-29(12-15-39)40-16-17-41-29)37-38-27(24)22-8-5-9-23(18-22)30(31,32)33/h2-10,13,18-20H,11-12,14-17H2,1H3,(H,34,35,36)/t20-/m0/s1. The Kier molecular flexibility index (Phi) is 7.31. The molecule has 1 N–H and O–H groups in total. The van der Waals surface area contributed by atoms with Crippen LogP contribution in [-0.2, 0) is 15.7 Å². The quantitative estimate of drug-likeness (QED) is 0.300. The van der Waals surface area contributed by atoms with E-state index in [0.29, 0.717) is 73.4 Å². The first-order valence-electron chi connectivity index (χ1n) is 13.5. The zero-order valence-electron chi connectivity index (χ0n) is 22.4. The molecule has 0 aliphatic carbocycles. The van der Waals surface area contributed by atoms with Gasteiger partial charge in [-0.1, -0.05) is 42.5 Å². The average molecular weight is 563 g/mol. The minimum Gasteiger partial charge on any atom is -0.355 e. The van der Waals surface area contributed by atoms with E-state index in [1.54, 1.807) is 18.3 Å². The van der Waals surface area contributed by atoms with Crippen LogP contribution in [0.25, 0.3) is 22.5 Å². The average Bonchev–Trinajstić information content (AvgIpc) is 3.45. The number of alkyl halides is 3. The molecular weight excluding hydrogens is 533 g/mol. The number of halogens is 3. The van der Waals surface area contributed by atoms with Crippen molar-refractivity contribution in [2.45, 2.75) is 37.8 Å². The predicted molar refractivity (Wildman–Crippen MR) is 148 cm³/mol. The van der Waals surface area contributed by atoms with E-state index in [1.165, 1.54) is 6.07 Å². The predicted octanol–water partition coefficient (Wildman–Crippen LogP) is 6.14. The second kappa shape index (κ2) is 11.1. The van der Waals surface area contributed by atoms with Crippen LogP contribution in [0.15, 0.2) is 72.9 Å². The van der Waals surface area contributed by atoms with Gasteiger partial charge < -0.3 is 19.7 Å². The summed E-state index contributed by atoms with van der Waals surface area (Å²) in [4.78, 5) is 11.2. The lowest BCUT2D eigenvalue weighted by atomic mass is 10.0. The van der Waals surface area contributed by atoms with Crippen LogP contribution in [0.3, 0.4) is 0 Å². The number of rotatable bonds is 6. The first-order valence-corrected chi connectivity index (χ1v) is 13.5. The van der Waals surface area contributed by atoms with Gasteiger partial charge in [-0.2, -0.15) is 13.2 Å². The molecule has 4 aromatic rings. The van der Waals surface area contributed by atoms with Crippen LogP contribution in [0.1, 0.15) is 36.9 Å². The number of ether oxygens (including phenoxy) is 2. The Morgan fingerprint density at radius 2 is 1.68 bits per heavy atom. The van der Waals surface area contributed by atoms with Crippen LogP contribution in [0.5, 0.6) is 0 Å². The van der Waals surface area contributed by atoms with Crippen LogP contribution in [-0.4, -0.2) is 52.3 Å². The molecule has 0 amide bonds. The van der Waals surface area contributed by atoms with E-state index in [9.17, 15) is 13.2 Å². The van der Waals surface area contributed by atoms with E-state index < -0.39 is 17.5 Å². The molecule has 0 bridgehead atoms. The minimum atomic E-state index is -4.49. The third-order valence-corrected chi connectivity index (χ3v) is 7.48. The Hall–Kier alpha value is -4.09. The molecule has 0 radical (unpaired) electrons. The molecule has 2 saturated heterocycles. The van der Waals surface area contributed by atoms with Gasteiger partial charge in [0.1, 0.15) is 5.69 Å². The zero-order chi connectivity index (χ0) is 28.5. The molecule has 2 aliphatic rings. The van der Waals surface area contributed by atoms with E-state index >= 15 is 0 Å². The highest BCUT2D eigenvalue weighted by atomic mass is 19.4. The largest absolute Gasteiger partial charge is 0.416 e. The Labute approximate surface area is 235 Å². The van der Waals surface area contributed by atoms with Gasteiger partial charge in [-0.25, -0.2) is 9.97 Å². The first-order chi connectivity index (χ1) is 19.8. The smallest absolute Gasteiger partial charge is 0.355 e. The zero-order valence-corrected chi connectivity index (χ0v) is 22.4. The normalized spacial score (nSPS) is 17.5. The molecule has 11 heteroatoms. The maximum absolute atomic E-state index is 13.6. The third kappa shape index (κ3) is 5.86. The number of piperidine rings is 1. The van der Waals surface area contributed by atoms with Gasteiger partial charge in [0.25, 0.3) is 0 Å². The lowest BCUT2D eigenvalue weighted by Gasteiger charge is -2.38. The van der Waals surface area contributed by atoms with Crippen molar-refractivity contribution in [1.29, 1.82) is 0 Å². The monoisotopic (exact) mass is 562 g/mol. The molecular formula is C30H29F3N6O2. The molecule has 212 valence electrons. The van der Waals surface area contributed by atoms with Gasteiger partial charge in [0.2, 0.25) is 5.95 Å². The molecule has 2 fully saturated rings. The lowest BCUT2D eigenvalue weighted by molar-refractivity contribution is -0.169. The maximum atomic E-state index is 13.6. The molecule has 6 rings (SSSR count). The van der Waals surface area contributed by atoms with E-state index in [2.05, 4.69) is 25.4 Å². The summed E-state index contributed by atoms with van der Waals surface area (Å²) in [5.41, 5.74) is 1.98. The van der Waals surface area contributed by atoms with Gasteiger partial charge >= 0.3 is 6.18 Å². The van der Waals surface area contributed by atoms with Crippen molar-refractivity contribution in [2.75, 3.05) is 36.5 Å². The highest BCUT2D eigenvalue weighted by Gasteiger charge is 2.40. The summed E-state index contributed by atoms with van der Waals surface area (Å²) in [5.74, 6) is 0.449. The molecule has 4 heterocycles. The Balaban J connectivity index is 1.36. The number of anilines is 2. The number of hydrogen-bond acceptors (Lipinski definition) is 8. The number of nitrogens with zero attached hydrogens (tertiary/aromatic N) is 5. The fourth-order valence-corrected chi connectivity index (χ4v) is 5.25. The Morgan fingerprint density at radius 1 is 0.927 bits per heavy atom. The number of aromatic nitrogens is 4. The summed E-state index contributed by atoms with van der Waals surface area (Å²) in [6.07, 6.45) is -1.51. The van der Waals surface area contributed by atoms with Crippen LogP contribution in [0.4, 0.5) is 24.9 Å². The molecule has 41 heavy (non-hydrogen) atoms. The van der Waals surface area contributed by atoms with Gasteiger partial charge in [-0.05, 0) is 36.8 Å².